The summed E-state index contributed by atoms with van der Waals surface area (Å²) in [6, 6.07) is 1.81. The van der Waals surface area contributed by atoms with E-state index in [9.17, 15) is 13.6 Å². The van der Waals surface area contributed by atoms with Gasteiger partial charge in [-0.2, -0.15) is 0 Å². The third-order valence-electron chi connectivity index (χ3n) is 2.48. The van der Waals surface area contributed by atoms with Crippen molar-refractivity contribution in [2.75, 3.05) is 0 Å². The Labute approximate surface area is 109 Å². The molecule has 0 aliphatic rings. The van der Waals surface area contributed by atoms with Crippen LogP contribution in [0, 0.1) is 11.6 Å². The predicted molar refractivity (Wildman–Crippen MR) is 65.9 cm³/mol. The molecule has 0 fully saturated rings. The van der Waals surface area contributed by atoms with Crippen molar-refractivity contribution in [2.45, 2.75) is 25.8 Å². The van der Waals surface area contributed by atoms with E-state index in [2.05, 4.69) is 10.5 Å². The van der Waals surface area contributed by atoms with Gasteiger partial charge >= 0.3 is 0 Å². The summed E-state index contributed by atoms with van der Waals surface area (Å²) in [5, 5.41) is 13.9. The number of amidine groups is 1. The summed E-state index contributed by atoms with van der Waals surface area (Å²) in [5.74, 6) is -2.54. The minimum atomic E-state index is -0.846. The van der Waals surface area contributed by atoms with Gasteiger partial charge < -0.3 is 16.3 Å². The summed E-state index contributed by atoms with van der Waals surface area (Å²) in [6.45, 7) is 1.85. The highest BCUT2D eigenvalue weighted by Crippen LogP contribution is 2.09. The van der Waals surface area contributed by atoms with Gasteiger partial charge in [-0.3, -0.25) is 4.79 Å². The van der Waals surface area contributed by atoms with Crippen molar-refractivity contribution >= 4 is 11.7 Å². The summed E-state index contributed by atoms with van der Waals surface area (Å²) in [6.07, 6.45) is 1.12. The number of nitrogens with two attached hydrogens (primary N) is 1. The van der Waals surface area contributed by atoms with Crippen LogP contribution in [0.1, 0.15) is 30.1 Å². The van der Waals surface area contributed by atoms with E-state index in [1.165, 1.54) is 0 Å². The molecule has 5 nitrogen and oxygen atoms in total. The van der Waals surface area contributed by atoms with E-state index in [1.54, 1.807) is 0 Å². The zero-order valence-electron chi connectivity index (χ0n) is 10.4. The van der Waals surface area contributed by atoms with Crippen LogP contribution in [-0.4, -0.2) is 23.0 Å². The Kier molecular flexibility index (Phi) is 5.23. The molecule has 0 heterocycles. The Morgan fingerprint density at radius 1 is 1.42 bits per heavy atom. The van der Waals surface area contributed by atoms with Crippen molar-refractivity contribution in [1.82, 2.24) is 5.32 Å². The number of nitrogens with one attached hydrogen (secondary N) is 1. The smallest absolute Gasteiger partial charge is 0.252 e. The second kappa shape index (κ2) is 6.67. The molecule has 19 heavy (non-hydrogen) atoms. The lowest BCUT2D eigenvalue weighted by Crippen LogP contribution is -2.44. The van der Waals surface area contributed by atoms with Crippen LogP contribution < -0.4 is 11.1 Å². The minimum Gasteiger partial charge on any atom is -0.409 e. The fraction of sp³-hybridized carbons (Fsp3) is 0.333. The molecule has 0 saturated heterocycles. The van der Waals surface area contributed by atoms with Gasteiger partial charge in [-0.1, -0.05) is 18.5 Å². The van der Waals surface area contributed by atoms with Gasteiger partial charge in [0.05, 0.1) is 6.04 Å². The normalized spacial score (nSPS) is 13.1. The molecule has 1 aromatic carbocycles. The van der Waals surface area contributed by atoms with Crippen molar-refractivity contribution in [3.05, 3.63) is 35.4 Å². The van der Waals surface area contributed by atoms with Crippen LogP contribution in [0.15, 0.2) is 23.4 Å². The average Bonchev–Trinajstić information content (AvgIpc) is 2.36. The topological polar surface area (TPSA) is 87.7 Å². The second-order valence-electron chi connectivity index (χ2n) is 4.00. The Morgan fingerprint density at radius 3 is 2.47 bits per heavy atom. The summed E-state index contributed by atoms with van der Waals surface area (Å²) in [4.78, 5) is 11.8. The quantitative estimate of drug-likeness (QED) is 0.329. The fourth-order valence-electron chi connectivity index (χ4n) is 1.58. The van der Waals surface area contributed by atoms with Crippen LogP contribution in [0.25, 0.3) is 0 Å². The van der Waals surface area contributed by atoms with E-state index >= 15 is 0 Å². The van der Waals surface area contributed by atoms with Gasteiger partial charge in [0.1, 0.15) is 11.6 Å². The van der Waals surface area contributed by atoms with E-state index in [0.29, 0.717) is 18.9 Å². The number of halogens is 2. The molecule has 1 aromatic rings. The van der Waals surface area contributed by atoms with E-state index in [4.69, 9.17) is 10.9 Å². The van der Waals surface area contributed by atoms with Crippen molar-refractivity contribution in [2.24, 2.45) is 10.9 Å². The van der Waals surface area contributed by atoms with E-state index in [1.807, 2.05) is 6.92 Å². The lowest BCUT2D eigenvalue weighted by atomic mass is 10.1. The van der Waals surface area contributed by atoms with Gasteiger partial charge in [0.15, 0.2) is 5.84 Å². The molecular formula is C12H15F2N3O2. The molecular weight excluding hydrogens is 256 g/mol. The number of oxime groups is 1. The molecule has 4 N–H and O–H groups in total. The maximum absolute atomic E-state index is 13.0. The molecule has 0 saturated carbocycles. The first-order valence-corrected chi connectivity index (χ1v) is 5.72. The van der Waals surface area contributed by atoms with Crippen LogP contribution >= 0.6 is 0 Å². The number of amides is 1. The number of nitrogens with zero attached hydrogens (tertiary/aromatic N) is 1. The van der Waals surface area contributed by atoms with Gasteiger partial charge in [0.25, 0.3) is 5.91 Å². The molecule has 0 aromatic heterocycles. The minimum absolute atomic E-state index is 0.160. The predicted octanol–water partition coefficient (Wildman–Crippen LogP) is 1.61. The lowest BCUT2D eigenvalue weighted by molar-refractivity contribution is 0.0944. The van der Waals surface area contributed by atoms with Gasteiger partial charge in [-0.15, -0.1) is 0 Å². The summed E-state index contributed by atoms with van der Waals surface area (Å²) < 4.78 is 26.0. The maximum atomic E-state index is 13.0. The molecule has 0 aliphatic heterocycles. The Balaban J connectivity index is 2.87. The molecule has 1 rings (SSSR count). The molecule has 0 spiro atoms. The third-order valence-corrected chi connectivity index (χ3v) is 2.48. The van der Waals surface area contributed by atoms with Crippen LogP contribution in [0.3, 0.4) is 0 Å². The summed E-state index contributed by atoms with van der Waals surface area (Å²) in [5.41, 5.74) is 5.26. The lowest BCUT2D eigenvalue weighted by Gasteiger charge is -2.16. The fourth-order valence-corrected chi connectivity index (χ4v) is 1.58. The van der Waals surface area contributed by atoms with E-state index in [-0.39, 0.29) is 11.4 Å². The first-order chi connectivity index (χ1) is 8.97. The number of hydrogen-bond donors (Lipinski definition) is 3. The van der Waals surface area contributed by atoms with Gasteiger partial charge in [0.2, 0.25) is 0 Å². The zero-order chi connectivity index (χ0) is 14.4. The van der Waals surface area contributed by atoms with Gasteiger partial charge in [0, 0.05) is 11.6 Å². The third kappa shape index (κ3) is 4.20. The van der Waals surface area contributed by atoms with Crippen LogP contribution in [-0.2, 0) is 0 Å². The van der Waals surface area contributed by atoms with Crippen molar-refractivity contribution < 1.29 is 18.8 Å². The molecule has 0 bridgehead atoms. The monoisotopic (exact) mass is 271 g/mol. The van der Waals surface area contributed by atoms with Crippen molar-refractivity contribution in [3.8, 4) is 0 Å². The van der Waals surface area contributed by atoms with Gasteiger partial charge in [-0.25, -0.2) is 8.78 Å². The van der Waals surface area contributed by atoms with Crippen LogP contribution in [0.4, 0.5) is 8.78 Å². The highest BCUT2D eigenvalue weighted by Gasteiger charge is 2.18. The van der Waals surface area contributed by atoms with Gasteiger partial charge in [-0.05, 0) is 18.6 Å². The second-order valence-corrected chi connectivity index (χ2v) is 4.00. The highest BCUT2D eigenvalue weighted by atomic mass is 19.1. The number of rotatable bonds is 5. The number of carbonyl (C=O) groups is 1. The molecule has 7 heteroatoms. The SMILES string of the molecule is CCCC(NC(=O)c1cc(F)cc(F)c1)/C(N)=N/O. The van der Waals surface area contributed by atoms with Crippen LogP contribution in [0.5, 0.6) is 0 Å². The molecule has 1 atom stereocenters. The molecule has 1 unspecified atom stereocenters. The Morgan fingerprint density at radius 2 is 2.00 bits per heavy atom. The average molecular weight is 271 g/mol. The largest absolute Gasteiger partial charge is 0.409 e. The maximum Gasteiger partial charge on any atom is 0.252 e. The zero-order valence-corrected chi connectivity index (χ0v) is 10.4. The Hall–Kier alpha value is -2.18. The number of carbonyl (C=O) groups excluding carboxylic acids is 1. The molecule has 0 radical (unpaired) electrons. The van der Waals surface area contributed by atoms with Crippen molar-refractivity contribution in [1.29, 1.82) is 0 Å². The van der Waals surface area contributed by atoms with E-state index < -0.39 is 23.6 Å². The molecule has 1 amide bonds. The first kappa shape index (κ1) is 14.9. The number of hydrogen-bond acceptors (Lipinski definition) is 3. The highest BCUT2D eigenvalue weighted by molar-refractivity contribution is 5.98. The molecule has 104 valence electrons. The van der Waals surface area contributed by atoms with Crippen LogP contribution in [0.2, 0.25) is 0 Å². The first-order valence-electron chi connectivity index (χ1n) is 5.72. The van der Waals surface area contributed by atoms with Crippen molar-refractivity contribution in [3.63, 3.8) is 0 Å². The summed E-state index contributed by atoms with van der Waals surface area (Å²) >= 11 is 0. The summed E-state index contributed by atoms with van der Waals surface area (Å²) in [7, 11) is 0. The standard InChI is InChI=1S/C12H15F2N3O2/c1-2-3-10(11(15)17-19)16-12(18)7-4-8(13)6-9(14)5-7/h4-6,10,19H,2-3H2,1H3,(H2,15,17)(H,16,18). The Bertz CT molecular complexity index is 472. The number of benzene rings is 1. The molecule has 0 aliphatic carbocycles. The van der Waals surface area contributed by atoms with E-state index in [0.717, 1.165) is 12.1 Å².